The molecule has 0 spiro atoms. The summed E-state index contributed by atoms with van der Waals surface area (Å²) in [6, 6.07) is 4.94. The summed E-state index contributed by atoms with van der Waals surface area (Å²) in [4.78, 5) is 0. The number of benzene rings is 1. The Kier molecular flexibility index (Phi) is 3.96. The Morgan fingerprint density at radius 1 is 1.06 bits per heavy atom. The maximum absolute atomic E-state index is 13.9. The molecule has 6 heteroatoms. The van der Waals surface area contributed by atoms with E-state index in [1.54, 1.807) is 0 Å². The van der Waals surface area contributed by atoms with E-state index in [-0.39, 0.29) is 6.54 Å². The molecular weight excluding hydrogens is 290 g/mol. The summed E-state index contributed by atoms with van der Waals surface area (Å²) >= 11 is 3.07. The second-order valence-corrected chi connectivity index (χ2v) is 4.26. The van der Waals surface area contributed by atoms with E-state index in [0.717, 1.165) is 12.1 Å². The standard InChI is InChI=1S/C10H10BrF4N/c11-8-3-1-7(2-4-8)9(12,5-6-16)10(13,14)15/h1-4H,5-6,16H2. The third-order valence-electron chi connectivity index (χ3n) is 2.24. The van der Waals surface area contributed by atoms with Crippen LogP contribution in [0.2, 0.25) is 0 Å². The second-order valence-electron chi connectivity index (χ2n) is 3.34. The van der Waals surface area contributed by atoms with E-state index in [9.17, 15) is 17.6 Å². The lowest BCUT2D eigenvalue weighted by molar-refractivity contribution is -0.237. The molecule has 0 aliphatic carbocycles. The van der Waals surface area contributed by atoms with Gasteiger partial charge in [-0.25, -0.2) is 4.39 Å². The van der Waals surface area contributed by atoms with Crippen LogP contribution >= 0.6 is 15.9 Å². The van der Waals surface area contributed by atoms with E-state index in [1.807, 2.05) is 0 Å². The fourth-order valence-corrected chi connectivity index (χ4v) is 1.63. The van der Waals surface area contributed by atoms with E-state index in [1.165, 1.54) is 12.1 Å². The van der Waals surface area contributed by atoms with Gasteiger partial charge in [0.1, 0.15) is 0 Å². The molecule has 0 radical (unpaired) electrons. The zero-order chi connectivity index (χ0) is 12.4. The highest BCUT2D eigenvalue weighted by Gasteiger charge is 2.56. The predicted octanol–water partition coefficient (Wildman–Crippen LogP) is 3.53. The average molecular weight is 300 g/mol. The predicted molar refractivity (Wildman–Crippen MR) is 56.7 cm³/mol. The highest BCUT2D eigenvalue weighted by molar-refractivity contribution is 9.10. The molecule has 0 saturated heterocycles. The summed E-state index contributed by atoms with van der Waals surface area (Å²) in [7, 11) is 0. The van der Waals surface area contributed by atoms with Crippen molar-refractivity contribution in [2.24, 2.45) is 5.73 Å². The monoisotopic (exact) mass is 299 g/mol. The van der Waals surface area contributed by atoms with E-state index in [0.29, 0.717) is 4.47 Å². The van der Waals surface area contributed by atoms with Gasteiger partial charge in [0.15, 0.2) is 0 Å². The fraction of sp³-hybridized carbons (Fsp3) is 0.400. The molecule has 1 aromatic rings. The minimum absolute atomic E-state index is 0.369. The molecule has 0 saturated carbocycles. The van der Waals surface area contributed by atoms with Crippen LogP contribution in [-0.4, -0.2) is 12.7 Å². The van der Waals surface area contributed by atoms with Gasteiger partial charge in [0, 0.05) is 10.9 Å². The molecular formula is C10H10BrF4N. The second kappa shape index (κ2) is 4.71. The van der Waals surface area contributed by atoms with Gasteiger partial charge in [0.25, 0.3) is 0 Å². The summed E-state index contributed by atoms with van der Waals surface area (Å²) in [5.41, 5.74) is 1.23. The van der Waals surface area contributed by atoms with Crippen molar-refractivity contribution in [3.05, 3.63) is 34.3 Å². The quantitative estimate of drug-likeness (QED) is 0.849. The molecule has 1 nitrogen and oxygen atoms in total. The van der Waals surface area contributed by atoms with Gasteiger partial charge < -0.3 is 5.73 Å². The van der Waals surface area contributed by atoms with Crippen LogP contribution in [0.15, 0.2) is 28.7 Å². The van der Waals surface area contributed by atoms with Crippen molar-refractivity contribution in [3.8, 4) is 0 Å². The Morgan fingerprint density at radius 2 is 1.56 bits per heavy atom. The van der Waals surface area contributed by atoms with E-state index in [2.05, 4.69) is 15.9 Å². The summed E-state index contributed by atoms with van der Waals surface area (Å²) in [6.45, 7) is -0.369. The molecule has 0 amide bonds. The van der Waals surface area contributed by atoms with Crippen LogP contribution < -0.4 is 5.73 Å². The smallest absolute Gasteiger partial charge is 0.330 e. The zero-order valence-electron chi connectivity index (χ0n) is 8.19. The molecule has 16 heavy (non-hydrogen) atoms. The first kappa shape index (κ1) is 13.4. The van der Waals surface area contributed by atoms with Crippen LogP contribution in [0.5, 0.6) is 0 Å². The molecule has 0 aliphatic heterocycles. The lowest BCUT2D eigenvalue weighted by Gasteiger charge is -2.28. The molecule has 0 aliphatic rings. The maximum atomic E-state index is 13.9. The molecule has 90 valence electrons. The van der Waals surface area contributed by atoms with Crippen LogP contribution in [0.4, 0.5) is 17.6 Å². The van der Waals surface area contributed by atoms with Crippen LogP contribution in [0.3, 0.4) is 0 Å². The van der Waals surface area contributed by atoms with Gasteiger partial charge in [0.2, 0.25) is 5.67 Å². The molecule has 1 rings (SSSR count). The molecule has 1 aromatic carbocycles. The Labute approximate surface area is 98.8 Å². The van der Waals surface area contributed by atoms with Crippen LogP contribution in [0.25, 0.3) is 0 Å². The maximum Gasteiger partial charge on any atom is 0.426 e. The Balaban J connectivity index is 3.16. The van der Waals surface area contributed by atoms with Gasteiger partial charge in [-0.15, -0.1) is 0 Å². The van der Waals surface area contributed by atoms with E-state index >= 15 is 0 Å². The fourth-order valence-electron chi connectivity index (χ4n) is 1.36. The zero-order valence-corrected chi connectivity index (χ0v) is 9.78. The Hall–Kier alpha value is -0.620. The number of halogens is 5. The first-order valence-electron chi connectivity index (χ1n) is 4.53. The van der Waals surface area contributed by atoms with Crippen LogP contribution in [-0.2, 0) is 5.67 Å². The van der Waals surface area contributed by atoms with Crippen molar-refractivity contribution in [2.45, 2.75) is 18.3 Å². The van der Waals surface area contributed by atoms with Crippen molar-refractivity contribution < 1.29 is 17.6 Å². The number of nitrogens with two attached hydrogens (primary N) is 1. The molecule has 0 heterocycles. The molecule has 0 fully saturated rings. The third kappa shape index (κ3) is 2.55. The first-order chi connectivity index (χ1) is 7.31. The number of hydrogen-bond donors (Lipinski definition) is 1. The summed E-state index contributed by atoms with van der Waals surface area (Å²) in [5.74, 6) is 0. The molecule has 1 unspecified atom stereocenters. The Bertz CT molecular complexity index is 349. The van der Waals surface area contributed by atoms with Crippen molar-refractivity contribution in [3.63, 3.8) is 0 Å². The summed E-state index contributed by atoms with van der Waals surface area (Å²) in [6.07, 6.45) is -5.74. The summed E-state index contributed by atoms with van der Waals surface area (Å²) < 4.78 is 52.4. The van der Waals surface area contributed by atoms with Gasteiger partial charge >= 0.3 is 6.18 Å². The van der Waals surface area contributed by atoms with E-state index in [4.69, 9.17) is 5.73 Å². The Morgan fingerprint density at radius 3 is 1.94 bits per heavy atom. The topological polar surface area (TPSA) is 26.0 Å². The molecule has 0 aromatic heterocycles. The number of rotatable bonds is 3. The van der Waals surface area contributed by atoms with Crippen molar-refractivity contribution in [1.82, 2.24) is 0 Å². The normalized spacial score (nSPS) is 15.9. The number of alkyl halides is 4. The lowest BCUT2D eigenvalue weighted by Crippen LogP contribution is -2.39. The highest BCUT2D eigenvalue weighted by atomic mass is 79.9. The van der Waals surface area contributed by atoms with Crippen molar-refractivity contribution in [2.75, 3.05) is 6.54 Å². The van der Waals surface area contributed by atoms with Gasteiger partial charge in [-0.1, -0.05) is 28.1 Å². The third-order valence-corrected chi connectivity index (χ3v) is 2.77. The minimum atomic E-state index is -4.96. The SMILES string of the molecule is NCCC(F)(c1ccc(Br)cc1)C(F)(F)F. The van der Waals surface area contributed by atoms with Crippen LogP contribution in [0.1, 0.15) is 12.0 Å². The molecule has 1 atom stereocenters. The van der Waals surface area contributed by atoms with Gasteiger partial charge in [-0.3, -0.25) is 0 Å². The number of hydrogen-bond acceptors (Lipinski definition) is 1. The van der Waals surface area contributed by atoms with Crippen molar-refractivity contribution in [1.29, 1.82) is 0 Å². The van der Waals surface area contributed by atoms with E-state index < -0.39 is 23.8 Å². The molecule has 0 bridgehead atoms. The van der Waals surface area contributed by atoms with Gasteiger partial charge in [-0.2, -0.15) is 13.2 Å². The largest absolute Gasteiger partial charge is 0.426 e. The van der Waals surface area contributed by atoms with Gasteiger partial charge in [-0.05, 0) is 24.2 Å². The van der Waals surface area contributed by atoms with Crippen molar-refractivity contribution >= 4 is 15.9 Å². The lowest BCUT2D eigenvalue weighted by atomic mass is 9.92. The van der Waals surface area contributed by atoms with Gasteiger partial charge in [0.05, 0.1) is 0 Å². The first-order valence-corrected chi connectivity index (χ1v) is 5.32. The highest BCUT2D eigenvalue weighted by Crippen LogP contribution is 2.45. The van der Waals surface area contributed by atoms with Crippen LogP contribution in [0, 0.1) is 0 Å². The minimum Gasteiger partial charge on any atom is -0.330 e. The average Bonchev–Trinajstić information content (AvgIpc) is 2.17. The molecule has 2 N–H and O–H groups in total. The summed E-state index contributed by atoms with van der Waals surface area (Å²) in [5, 5.41) is 0.